The van der Waals surface area contributed by atoms with E-state index in [0.717, 1.165) is 11.6 Å². The molecule has 0 aliphatic rings. The van der Waals surface area contributed by atoms with Crippen molar-refractivity contribution >= 4 is 17.7 Å². The molecule has 0 aliphatic carbocycles. The molecule has 0 spiro atoms. The number of hydrogen-bond acceptors (Lipinski definition) is 5. The van der Waals surface area contributed by atoms with Crippen molar-refractivity contribution in [3.8, 4) is 0 Å². The minimum atomic E-state index is -0.125. The van der Waals surface area contributed by atoms with Gasteiger partial charge in [-0.25, -0.2) is 4.98 Å². The largest absolute Gasteiger partial charge is 0.368 e. The van der Waals surface area contributed by atoms with Gasteiger partial charge in [0, 0.05) is 10.3 Å². The summed E-state index contributed by atoms with van der Waals surface area (Å²) in [6.07, 6.45) is 0. The summed E-state index contributed by atoms with van der Waals surface area (Å²) in [5.74, 6) is 2.46. The van der Waals surface area contributed by atoms with E-state index in [1.807, 2.05) is 0 Å². The molecule has 2 rings (SSSR count). The van der Waals surface area contributed by atoms with Crippen LogP contribution in [0.1, 0.15) is 38.0 Å². The fourth-order valence-electron chi connectivity index (χ4n) is 1.69. The van der Waals surface area contributed by atoms with Crippen molar-refractivity contribution in [2.45, 2.75) is 43.8 Å². The molecular formula is C15H20N4S. The van der Waals surface area contributed by atoms with Crippen LogP contribution in [0.15, 0.2) is 29.2 Å². The van der Waals surface area contributed by atoms with Gasteiger partial charge in [0.05, 0.1) is 5.75 Å². The van der Waals surface area contributed by atoms with Gasteiger partial charge in [-0.05, 0) is 19.1 Å². The summed E-state index contributed by atoms with van der Waals surface area (Å²) in [4.78, 5) is 14.2. The van der Waals surface area contributed by atoms with Crippen LogP contribution in [0.2, 0.25) is 0 Å². The molecule has 20 heavy (non-hydrogen) atoms. The Labute approximate surface area is 124 Å². The molecule has 2 N–H and O–H groups in total. The fourth-order valence-corrected chi connectivity index (χ4v) is 2.56. The maximum Gasteiger partial charge on any atom is 0.223 e. The number of benzene rings is 1. The number of nitrogen functional groups attached to an aromatic ring is 1. The zero-order chi connectivity index (χ0) is 14.8. The summed E-state index contributed by atoms with van der Waals surface area (Å²) in [7, 11) is 0. The lowest BCUT2D eigenvalue weighted by Crippen LogP contribution is -2.19. The van der Waals surface area contributed by atoms with E-state index in [4.69, 9.17) is 5.73 Å². The van der Waals surface area contributed by atoms with E-state index in [2.05, 4.69) is 66.9 Å². The molecule has 0 aliphatic heterocycles. The van der Waals surface area contributed by atoms with Gasteiger partial charge < -0.3 is 5.73 Å². The van der Waals surface area contributed by atoms with Gasteiger partial charge in [0.2, 0.25) is 5.95 Å². The molecule has 4 nitrogen and oxygen atoms in total. The highest BCUT2D eigenvalue weighted by atomic mass is 32.2. The third-order valence-electron chi connectivity index (χ3n) is 2.73. The first-order valence-corrected chi connectivity index (χ1v) is 7.53. The van der Waals surface area contributed by atoms with Gasteiger partial charge in [-0.3, -0.25) is 0 Å². The minimum absolute atomic E-state index is 0.125. The van der Waals surface area contributed by atoms with Gasteiger partial charge in [0.1, 0.15) is 11.6 Å². The molecule has 0 amide bonds. The summed E-state index contributed by atoms with van der Waals surface area (Å²) >= 11 is 1.71. The molecule has 1 aromatic heterocycles. The van der Waals surface area contributed by atoms with E-state index in [0.29, 0.717) is 11.7 Å². The molecule has 0 saturated carbocycles. The second kappa shape index (κ2) is 5.79. The minimum Gasteiger partial charge on any atom is -0.368 e. The third-order valence-corrected chi connectivity index (χ3v) is 3.72. The van der Waals surface area contributed by atoms with Crippen LogP contribution >= 0.6 is 11.8 Å². The van der Waals surface area contributed by atoms with Gasteiger partial charge in [0.15, 0.2) is 0 Å². The number of thioether (sulfide) groups is 1. The number of nitrogens with zero attached hydrogens (tertiary/aromatic N) is 3. The average Bonchev–Trinajstić information content (AvgIpc) is 2.35. The van der Waals surface area contributed by atoms with Gasteiger partial charge in [-0.2, -0.15) is 9.97 Å². The van der Waals surface area contributed by atoms with Crippen LogP contribution in [0.25, 0.3) is 0 Å². The summed E-state index contributed by atoms with van der Waals surface area (Å²) in [5, 5.41) is 0. The summed E-state index contributed by atoms with van der Waals surface area (Å²) < 4.78 is 0. The first-order chi connectivity index (χ1) is 9.34. The van der Waals surface area contributed by atoms with Crippen molar-refractivity contribution < 1.29 is 0 Å². The Bertz CT molecular complexity index is 605. The van der Waals surface area contributed by atoms with Crippen LogP contribution in [-0.2, 0) is 11.2 Å². The van der Waals surface area contributed by atoms with Crippen LogP contribution in [-0.4, -0.2) is 15.0 Å². The van der Waals surface area contributed by atoms with Crippen molar-refractivity contribution in [1.82, 2.24) is 15.0 Å². The molecule has 2 aromatic rings. The zero-order valence-electron chi connectivity index (χ0n) is 12.3. The van der Waals surface area contributed by atoms with Gasteiger partial charge in [-0.15, -0.1) is 11.8 Å². The number of rotatable bonds is 3. The van der Waals surface area contributed by atoms with E-state index >= 15 is 0 Å². The molecule has 106 valence electrons. The summed E-state index contributed by atoms with van der Waals surface area (Å²) in [6.45, 7) is 8.29. The molecule has 1 heterocycles. The van der Waals surface area contributed by atoms with Gasteiger partial charge in [0.25, 0.3) is 0 Å². The van der Waals surface area contributed by atoms with Crippen molar-refractivity contribution in [1.29, 1.82) is 0 Å². The maximum absolute atomic E-state index is 5.78. The van der Waals surface area contributed by atoms with Gasteiger partial charge >= 0.3 is 0 Å². The quantitative estimate of drug-likeness (QED) is 0.877. The lowest BCUT2D eigenvalue weighted by molar-refractivity contribution is 0.539. The van der Waals surface area contributed by atoms with E-state index in [1.54, 1.807) is 11.8 Å². The summed E-state index contributed by atoms with van der Waals surface area (Å²) in [6, 6.07) is 8.38. The topological polar surface area (TPSA) is 64.7 Å². The first kappa shape index (κ1) is 14.8. The average molecular weight is 288 g/mol. The Morgan fingerprint density at radius 1 is 1.15 bits per heavy atom. The van der Waals surface area contributed by atoms with Crippen LogP contribution in [0.3, 0.4) is 0 Å². The molecule has 0 fully saturated rings. The third kappa shape index (κ3) is 3.93. The lowest BCUT2D eigenvalue weighted by Gasteiger charge is -2.17. The number of anilines is 1. The fraction of sp³-hybridized carbons (Fsp3) is 0.400. The number of aryl methyl sites for hydroxylation is 1. The second-order valence-electron chi connectivity index (χ2n) is 5.79. The van der Waals surface area contributed by atoms with Crippen LogP contribution < -0.4 is 5.73 Å². The Morgan fingerprint density at radius 2 is 1.90 bits per heavy atom. The monoisotopic (exact) mass is 288 g/mol. The zero-order valence-corrected chi connectivity index (χ0v) is 13.2. The predicted octanol–water partition coefficient (Wildman–Crippen LogP) is 3.35. The van der Waals surface area contributed by atoms with Crippen LogP contribution in [0.5, 0.6) is 0 Å². The maximum atomic E-state index is 5.78. The van der Waals surface area contributed by atoms with Crippen molar-refractivity contribution in [3.05, 3.63) is 41.5 Å². The Kier molecular flexibility index (Phi) is 4.28. The SMILES string of the molecule is Cc1cccc(SCc2nc(N)nc(C(C)(C)C)n2)c1. The highest BCUT2D eigenvalue weighted by Crippen LogP contribution is 2.24. The number of hydrogen-bond donors (Lipinski definition) is 1. The molecule has 0 bridgehead atoms. The molecular weight excluding hydrogens is 268 g/mol. The molecule has 0 atom stereocenters. The van der Waals surface area contributed by atoms with Crippen LogP contribution in [0.4, 0.5) is 5.95 Å². The Hall–Kier alpha value is -1.62. The lowest BCUT2D eigenvalue weighted by atomic mass is 9.96. The Morgan fingerprint density at radius 3 is 2.55 bits per heavy atom. The standard InChI is InChI=1S/C15H20N4S/c1-10-6-5-7-11(8-10)20-9-12-17-13(15(2,3)4)19-14(16)18-12/h5-8H,9H2,1-4H3,(H2,16,17,18,19). The molecule has 0 radical (unpaired) electrons. The summed E-state index contributed by atoms with van der Waals surface area (Å²) in [5.41, 5.74) is 6.90. The van der Waals surface area contributed by atoms with Crippen molar-refractivity contribution in [2.24, 2.45) is 0 Å². The Balaban J connectivity index is 2.16. The first-order valence-electron chi connectivity index (χ1n) is 6.55. The van der Waals surface area contributed by atoms with E-state index in [-0.39, 0.29) is 5.41 Å². The van der Waals surface area contributed by atoms with Crippen molar-refractivity contribution in [2.75, 3.05) is 5.73 Å². The van der Waals surface area contributed by atoms with E-state index in [1.165, 1.54) is 10.5 Å². The number of nitrogens with two attached hydrogens (primary N) is 1. The highest BCUT2D eigenvalue weighted by molar-refractivity contribution is 7.98. The number of aromatic nitrogens is 3. The molecule has 0 saturated heterocycles. The molecule has 5 heteroatoms. The van der Waals surface area contributed by atoms with Crippen molar-refractivity contribution in [3.63, 3.8) is 0 Å². The predicted molar refractivity (Wildman–Crippen MR) is 83.7 cm³/mol. The van der Waals surface area contributed by atoms with Crippen LogP contribution in [0, 0.1) is 6.92 Å². The molecule has 0 unspecified atom stereocenters. The van der Waals surface area contributed by atoms with Gasteiger partial charge in [-0.1, -0.05) is 38.5 Å². The molecule has 1 aromatic carbocycles. The highest BCUT2D eigenvalue weighted by Gasteiger charge is 2.19. The van der Waals surface area contributed by atoms with E-state index < -0.39 is 0 Å². The normalized spacial score (nSPS) is 11.6. The smallest absolute Gasteiger partial charge is 0.223 e. The second-order valence-corrected chi connectivity index (χ2v) is 6.84. The van der Waals surface area contributed by atoms with E-state index in [9.17, 15) is 0 Å².